The van der Waals surface area contributed by atoms with E-state index in [0.29, 0.717) is 5.56 Å². The first kappa shape index (κ1) is 14.2. The van der Waals surface area contributed by atoms with Crippen molar-refractivity contribution in [1.82, 2.24) is 9.88 Å². The number of carbonyl (C=O) groups excluding carboxylic acids is 1. The smallest absolute Gasteiger partial charge is 0.254 e. The highest BCUT2D eigenvalue weighted by atomic mass is 32.1. The molecule has 1 aromatic carbocycles. The lowest BCUT2D eigenvalue weighted by Crippen LogP contribution is -2.37. The summed E-state index contributed by atoms with van der Waals surface area (Å²) in [6.07, 6.45) is 1.85. The highest BCUT2D eigenvalue weighted by Gasteiger charge is 2.28. The van der Waals surface area contributed by atoms with Gasteiger partial charge in [0.25, 0.3) is 5.91 Å². The minimum atomic E-state index is -0.0289. The van der Waals surface area contributed by atoms with Gasteiger partial charge in [0.1, 0.15) is 5.01 Å². The predicted molar refractivity (Wildman–Crippen MR) is 83.4 cm³/mol. The van der Waals surface area contributed by atoms with Crippen molar-refractivity contribution in [2.75, 3.05) is 13.2 Å². The van der Waals surface area contributed by atoms with Crippen molar-refractivity contribution in [3.05, 3.63) is 40.9 Å². The maximum absolute atomic E-state index is 12.5. The Hall–Kier alpha value is -1.72. The van der Waals surface area contributed by atoms with Crippen LogP contribution in [0.2, 0.25) is 0 Å². The van der Waals surface area contributed by atoms with Crippen LogP contribution in [0.15, 0.2) is 29.6 Å². The average Bonchev–Trinajstić information content (AvgIpc) is 3.15. The number of aryl methyl sites for hydroxylation is 1. The van der Waals surface area contributed by atoms with Crippen LogP contribution in [0.1, 0.15) is 28.9 Å². The lowest BCUT2D eigenvalue weighted by Gasteiger charge is -2.23. The molecule has 3 rings (SSSR count). The number of hydrogen-bond donors (Lipinski definition) is 1. The molecule has 2 aromatic rings. The second-order valence-corrected chi connectivity index (χ2v) is 6.21. The number of rotatable bonds is 3. The van der Waals surface area contributed by atoms with Crippen LogP contribution < -0.4 is 0 Å². The fourth-order valence-corrected chi connectivity index (χ4v) is 3.50. The van der Waals surface area contributed by atoms with Gasteiger partial charge in [-0.15, -0.1) is 11.3 Å². The van der Waals surface area contributed by atoms with Crippen molar-refractivity contribution in [3.63, 3.8) is 0 Å². The van der Waals surface area contributed by atoms with Crippen LogP contribution in [0.5, 0.6) is 0 Å². The van der Waals surface area contributed by atoms with Crippen molar-refractivity contribution in [1.29, 1.82) is 0 Å². The molecule has 21 heavy (non-hydrogen) atoms. The quantitative estimate of drug-likeness (QED) is 0.948. The Morgan fingerprint density at radius 2 is 2.19 bits per heavy atom. The van der Waals surface area contributed by atoms with Gasteiger partial charge in [0.15, 0.2) is 0 Å². The van der Waals surface area contributed by atoms with Gasteiger partial charge in [0.05, 0.1) is 12.6 Å². The zero-order valence-electron chi connectivity index (χ0n) is 12.0. The van der Waals surface area contributed by atoms with Crippen LogP contribution in [0.25, 0.3) is 10.6 Å². The molecule has 0 bridgehead atoms. The first-order valence-corrected chi connectivity index (χ1v) is 8.01. The molecule has 1 N–H and O–H groups in total. The van der Waals surface area contributed by atoms with Crippen LogP contribution in [0.4, 0.5) is 0 Å². The van der Waals surface area contributed by atoms with E-state index in [-0.39, 0.29) is 18.6 Å². The first-order valence-electron chi connectivity index (χ1n) is 7.13. The summed E-state index contributed by atoms with van der Waals surface area (Å²) in [7, 11) is 0. The van der Waals surface area contributed by atoms with E-state index in [9.17, 15) is 9.90 Å². The zero-order chi connectivity index (χ0) is 14.8. The van der Waals surface area contributed by atoms with Crippen LogP contribution in [-0.4, -0.2) is 40.1 Å². The Morgan fingerprint density at radius 3 is 2.81 bits per heavy atom. The third kappa shape index (κ3) is 2.84. The van der Waals surface area contributed by atoms with Crippen LogP contribution >= 0.6 is 11.3 Å². The lowest BCUT2D eigenvalue weighted by molar-refractivity contribution is 0.0677. The van der Waals surface area contributed by atoms with E-state index in [1.54, 1.807) is 16.2 Å². The van der Waals surface area contributed by atoms with Gasteiger partial charge in [-0.3, -0.25) is 4.79 Å². The molecule has 2 heterocycles. The zero-order valence-corrected chi connectivity index (χ0v) is 12.8. The van der Waals surface area contributed by atoms with Crippen LogP contribution in [0, 0.1) is 6.92 Å². The Kier molecular flexibility index (Phi) is 4.03. The van der Waals surface area contributed by atoms with Gasteiger partial charge in [0, 0.05) is 28.7 Å². The molecule has 1 aromatic heterocycles. The summed E-state index contributed by atoms with van der Waals surface area (Å²) in [6, 6.07) is 7.55. The number of aliphatic hydroxyl groups excluding tert-OH is 1. The van der Waals surface area contributed by atoms with Crippen molar-refractivity contribution in [3.8, 4) is 10.6 Å². The standard InChI is InChI=1S/C16H18N2O2S/c1-11-10-21-15(17-11)12-4-6-13(7-5-12)16(20)18-8-2-3-14(18)9-19/h4-7,10,14,19H,2-3,8-9H2,1H3/t14-/m1/s1. The second-order valence-electron chi connectivity index (χ2n) is 5.35. The molecule has 1 atom stereocenters. The van der Waals surface area contributed by atoms with E-state index < -0.39 is 0 Å². The molecule has 0 unspecified atom stereocenters. The van der Waals surface area contributed by atoms with Gasteiger partial charge in [-0.05, 0) is 31.9 Å². The Labute approximate surface area is 128 Å². The number of aromatic nitrogens is 1. The Morgan fingerprint density at radius 1 is 1.43 bits per heavy atom. The minimum absolute atomic E-state index is 0.00780. The van der Waals surface area contributed by atoms with E-state index in [4.69, 9.17) is 0 Å². The molecule has 0 aliphatic carbocycles. The normalized spacial score (nSPS) is 18.2. The van der Waals surface area contributed by atoms with E-state index in [1.807, 2.05) is 36.6 Å². The Bertz CT molecular complexity index is 636. The summed E-state index contributed by atoms with van der Waals surface area (Å²) in [5.74, 6) is 0.00780. The maximum Gasteiger partial charge on any atom is 0.254 e. The molecular weight excluding hydrogens is 284 g/mol. The van der Waals surface area contributed by atoms with Crippen molar-refractivity contribution >= 4 is 17.2 Å². The molecule has 0 spiro atoms. The fraction of sp³-hybridized carbons (Fsp3) is 0.375. The number of nitrogens with zero attached hydrogens (tertiary/aromatic N) is 2. The number of amides is 1. The van der Waals surface area contributed by atoms with Gasteiger partial charge in [-0.1, -0.05) is 12.1 Å². The molecule has 110 valence electrons. The monoisotopic (exact) mass is 302 g/mol. The van der Waals surface area contributed by atoms with Gasteiger partial charge in [0.2, 0.25) is 0 Å². The molecule has 1 amide bonds. The highest BCUT2D eigenvalue weighted by molar-refractivity contribution is 7.13. The van der Waals surface area contributed by atoms with Gasteiger partial charge < -0.3 is 10.0 Å². The number of likely N-dealkylation sites (tertiary alicyclic amines) is 1. The minimum Gasteiger partial charge on any atom is -0.394 e. The van der Waals surface area contributed by atoms with Crippen molar-refractivity contribution in [2.24, 2.45) is 0 Å². The van der Waals surface area contributed by atoms with E-state index in [0.717, 1.165) is 35.7 Å². The SMILES string of the molecule is Cc1csc(-c2ccc(C(=O)N3CCC[C@@H]3CO)cc2)n1. The predicted octanol–water partition coefficient (Wildman–Crippen LogP) is 2.72. The molecule has 1 aliphatic heterocycles. The van der Waals surface area contributed by atoms with Gasteiger partial charge >= 0.3 is 0 Å². The molecular formula is C16H18N2O2S. The largest absolute Gasteiger partial charge is 0.394 e. The molecule has 1 saturated heterocycles. The summed E-state index contributed by atoms with van der Waals surface area (Å²) in [5.41, 5.74) is 2.72. The number of aliphatic hydroxyl groups is 1. The summed E-state index contributed by atoms with van der Waals surface area (Å²) in [4.78, 5) is 18.7. The van der Waals surface area contributed by atoms with Crippen LogP contribution in [-0.2, 0) is 0 Å². The lowest BCUT2D eigenvalue weighted by atomic mass is 10.1. The average molecular weight is 302 g/mol. The Balaban J connectivity index is 1.79. The second kappa shape index (κ2) is 5.95. The topological polar surface area (TPSA) is 53.4 Å². The summed E-state index contributed by atoms with van der Waals surface area (Å²) >= 11 is 1.61. The van der Waals surface area contributed by atoms with Crippen LogP contribution in [0.3, 0.4) is 0 Å². The summed E-state index contributed by atoms with van der Waals surface area (Å²) < 4.78 is 0. The maximum atomic E-state index is 12.5. The van der Waals surface area contributed by atoms with Crippen molar-refractivity contribution < 1.29 is 9.90 Å². The molecule has 0 radical (unpaired) electrons. The number of benzene rings is 1. The van der Waals surface area contributed by atoms with Gasteiger partial charge in [-0.25, -0.2) is 4.98 Å². The molecule has 5 heteroatoms. The first-order chi connectivity index (χ1) is 10.2. The summed E-state index contributed by atoms with van der Waals surface area (Å²) in [6.45, 7) is 2.75. The summed E-state index contributed by atoms with van der Waals surface area (Å²) in [5, 5.41) is 12.3. The number of hydrogen-bond acceptors (Lipinski definition) is 4. The third-order valence-corrected chi connectivity index (χ3v) is 4.86. The molecule has 1 aliphatic rings. The number of thiazole rings is 1. The van der Waals surface area contributed by atoms with E-state index in [1.165, 1.54) is 0 Å². The number of carbonyl (C=O) groups is 1. The highest BCUT2D eigenvalue weighted by Crippen LogP contribution is 2.25. The molecule has 0 saturated carbocycles. The van der Waals surface area contributed by atoms with E-state index in [2.05, 4.69) is 4.98 Å². The van der Waals surface area contributed by atoms with E-state index >= 15 is 0 Å². The fourth-order valence-electron chi connectivity index (χ4n) is 2.70. The van der Waals surface area contributed by atoms with Crippen molar-refractivity contribution in [2.45, 2.75) is 25.8 Å². The van der Waals surface area contributed by atoms with Gasteiger partial charge in [-0.2, -0.15) is 0 Å². The molecule has 1 fully saturated rings. The molecule has 4 nitrogen and oxygen atoms in total. The third-order valence-electron chi connectivity index (χ3n) is 3.85.